The Morgan fingerprint density at radius 1 is 1.45 bits per heavy atom. The third-order valence-corrected chi connectivity index (χ3v) is 4.40. The number of anilines is 1. The van der Waals surface area contributed by atoms with Crippen molar-refractivity contribution >= 4 is 22.4 Å². The molecule has 1 aromatic heterocycles. The molecule has 114 valence electrons. The van der Waals surface area contributed by atoms with Gasteiger partial charge in [-0.2, -0.15) is 0 Å². The van der Waals surface area contributed by atoms with E-state index in [4.69, 9.17) is 4.74 Å². The van der Waals surface area contributed by atoms with Gasteiger partial charge in [0, 0.05) is 19.7 Å². The van der Waals surface area contributed by atoms with Gasteiger partial charge in [-0.3, -0.25) is 0 Å². The van der Waals surface area contributed by atoms with Crippen LogP contribution in [-0.4, -0.2) is 42.4 Å². The lowest BCUT2D eigenvalue weighted by molar-refractivity contribution is 0.0700. The highest BCUT2D eigenvalue weighted by atomic mass is 32.1. The van der Waals surface area contributed by atoms with Gasteiger partial charge in [0.2, 0.25) is 0 Å². The van der Waals surface area contributed by atoms with E-state index < -0.39 is 5.97 Å². The van der Waals surface area contributed by atoms with Crippen LogP contribution in [0.15, 0.2) is 0 Å². The Bertz CT molecular complexity index is 434. The number of carboxylic acid groups (broad SMARTS) is 1. The van der Waals surface area contributed by atoms with Gasteiger partial charge in [-0.15, -0.1) is 0 Å². The van der Waals surface area contributed by atoms with Crippen LogP contribution < -0.4 is 4.90 Å². The third kappa shape index (κ3) is 4.18. The molecular weight excluding hydrogens is 276 g/mol. The summed E-state index contributed by atoms with van der Waals surface area (Å²) in [5.74, 6) is -0.721. The Hall–Kier alpha value is -1.14. The van der Waals surface area contributed by atoms with Crippen LogP contribution in [0.4, 0.5) is 5.13 Å². The van der Waals surface area contributed by atoms with Crippen molar-refractivity contribution in [2.45, 2.75) is 40.0 Å². The summed E-state index contributed by atoms with van der Waals surface area (Å²) in [6.07, 6.45) is 0.883. The van der Waals surface area contributed by atoms with E-state index in [-0.39, 0.29) is 5.92 Å². The summed E-state index contributed by atoms with van der Waals surface area (Å²) < 4.78 is 5.36. The second kappa shape index (κ2) is 8.21. The molecule has 0 aromatic carbocycles. The van der Waals surface area contributed by atoms with Crippen molar-refractivity contribution in [1.82, 2.24) is 4.98 Å². The number of rotatable bonds is 9. The Kier molecular flexibility index (Phi) is 6.95. The summed E-state index contributed by atoms with van der Waals surface area (Å²) in [6.45, 7) is 10.9. The van der Waals surface area contributed by atoms with Crippen LogP contribution in [0.25, 0.3) is 0 Å². The van der Waals surface area contributed by atoms with Crippen molar-refractivity contribution in [1.29, 1.82) is 0 Å². The first-order chi connectivity index (χ1) is 9.54. The fourth-order valence-corrected chi connectivity index (χ4v) is 2.96. The first-order valence-electron chi connectivity index (χ1n) is 7.11. The molecule has 1 unspecified atom stereocenters. The summed E-state index contributed by atoms with van der Waals surface area (Å²) >= 11 is 1.26. The minimum absolute atomic E-state index is 0.164. The van der Waals surface area contributed by atoms with E-state index in [0.29, 0.717) is 23.8 Å². The molecule has 0 bridgehead atoms. The van der Waals surface area contributed by atoms with E-state index >= 15 is 0 Å². The predicted molar refractivity (Wildman–Crippen MR) is 82.2 cm³/mol. The largest absolute Gasteiger partial charge is 0.477 e. The monoisotopic (exact) mass is 300 g/mol. The van der Waals surface area contributed by atoms with E-state index in [2.05, 4.69) is 9.88 Å². The highest BCUT2D eigenvalue weighted by Crippen LogP contribution is 2.32. The Balaban J connectivity index is 2.96. The molecule has 0 amide bonds. The maximum atomic E-state index is 11.4. The number of hydrogen-bond donors (Lipinski definition) is 1. The van der Waals surface area contributed by atoms with E-state index in [1.54, 1.807) is 0 Å². The molecule has 5 nitrogen and oxygen atoms in total. The van der Waals surface area contributed by atoms with E-state index in [0.717, 1.165) is 24.6 Å². The van der Waals surface area contributed by atoms with Crippen molar-refractivity contribution < 1.29 is 14.6 Å². The smallest absolute Gasteiger partial charge is 0.347 e. The molecule has 0 aliphatic rings. The SMILES string of the molecule is CCOCCN(CC)c1nc(C(C)CC)c(C(=O)O)s1. The quantitative estimate of drug-likeness (QED) is 0.709. The van der Waals surface area contributed by atoms with Crippen LogP contribution in [0.3, 0.4) is 0 Å². The maximum Gasteiger partial charge on any atom is 0.347 e. The molecule has 1 aromatic rings. The van der Waals surface area contributed by atoms with Crippen molar-refractivity contribution in [2.24, 2.45) is 0 Å². The van der Waals surface area contributed by atoms with Gasteiger partial charge in [-0.1, -0.05) is 25.2 Å². The number of carboxylic acids is 1. The van der Waals surface area contributed by atoms with Gasteiger partial charge in [0.1, 0.15) is 4.88 Å². The lowest BCUT2D eigenvalue weighted by Crippen LogP contribution is -2.27. The maximum absolute atomic E-state index is 11.4. The van der Waals surface area contributed by atoms with E-state index in [1.807, 2.05) is 27.7 Å². The van der Waals surface area contributed by atoms with Crippen LogP contribution in [0.1, 0.15) is 55.4 Å². The highest BCUT2D eigenvalue weighted by Gasteiger charge is 2.23. The van der Waals surface area contributed by atoms with Crippen molar-refractivity contribution in [3.05, 3.63) is 10.6 Å². The van der Waals surface area contributed by atoms with E-state index in [1.165, 1.54) is 11.3 Å². The average Bonchev–Trinajstić information content (AvgIpc) is 2.88. The van der Waals surface area contributed by atoms with Gasteiger partial charge in [0.15, 0.2) is 5.13 Å². The highest BCUT2D eigenvalue weighted by molar-refractivity contribution is 7.17. The molecule has 0 saturated carbocycles. The molecule has 0 radical (unpaired) electrons. The van der Waals surface area contributed by atoms with Gasteiger partial charge in [0.05, 0.1) is 12.3 Å². The van der Waals surface area contributed by atoms with Gasteiger partial charge >= 0.3 is 5.97 Å². The van der Waals surface area contributed by atoms with Gasteiger partial charge < -0.3 is 14.7 Å². The lowest BCUT2D eigenvalue weighted by atomic mass is 10.0. The van der Waals surface area contributed by atoms with Crippen molar-refractivity contribution in [2.75, 3.05) is 31.2 Å². The minimum atomic E-state index is -0.884. The number of aromatic carboxylic acids is 1. The number of aromatic nitrogens is 1. The van der Waals surface area contributed by atoms with Gasteiger partial charge in [-0.05, 0) is 26.2 Å². The van der Waals surface area contributed by atoms with Gasteiger partial charge in [0.25, 0.3) is 0 Å². The van der Waals surface area contributed by atoms with Crippen molar-refractivity contribution in [3.63, 3.8) is 0 Å². The number of likely N-dealkylation sites (N-methyl/N-ethyl adjacent to an activating group) is 1. The summed E-state index contributed by atoms with van der Waals surface area (Å²) in [4.78, 5) is 18.3. The third-order valence-electron chi connectivity index (χ3n) is 3.28. The first kappa shape index (κ1) is 16.9. The van der Waals surface area contributed by atoms with Crippen LogP contribution in [0, 0.1) is 0 Å². The first-order valence-corrected chi connectivity index (χ1v) is 7.93. The summed E-state index contributed by atoms with van der Waals surface area (Å²) in [7, 11) is 0. The van der Waals surface area contributed by atoms with Crippen LogP contribution in [0.5, 0.6) is 0 Å². The molecule has 1 atom stereocenters. The van der Waals surface area contributed by atoms with Crippen LogP contribution >= 0.6 is 11.3 Å². The van der Waals surface area contributed by atoms with Crippen LogP contribution in [0.2, 0.25) is 0 Å². The van der Waals surface area contributed by atoms with Gasteiger partial charge in [-0.25, -0.2) is 9.78 Å². The normalized spacial score (nSPS) is 12.4. The van der Waals surface area contributed by atoms with Crippen molar-refractivity contribution in [3.8, 4) is 0 Å². The molecule has 1 N–H and O–H groups in total. The Labute approximate surface area is 124 Å². The average molecular weight is 300 g/mol. The lowest BCUT2D eigenvalue weighted by Gasteiger charge is -2.19. The minimum Gasteiger partial charge on any atom is -0.477 e. The summed E-state index contributed by atoms with van der Waals surface area (Å²) in [5, 5.41) is 10.1. The molecule has 1 rings (SSSR count). The fraction of sp³-hybridized carbons (Fsp3) is 0.714. The zero-order valence-electron chi connectivity index (χ0n) is 12.7. The predicted octanol–water partition coefficient (Wildman–Crippen LogP) is 3.22. The molecule has 0 aliphatic carbocycles. The molecule has 0 aliphatic heterocycles. The Morgan fingerprint density at radius 2 is 2.15 bits per heavy atom. The number of ether oxygens (including phenoxy) is 1. The molecule has 0 fully saturated rings. The summed E-state index contributed by atoms with van der Waals surface area (Å²) in [5.41, 5.74) is 0.704. The zero-order valence-corrected chi connectivity index (χ0v) is 13.5. The molecule has 0 saturated heterocycles. The second-order valence-electron chi connectivity index (χ2n) is 4.60. The Morgan fingerprint density at radius 3 is 2.65 bits per heavy atom. The van der Waals surface area contributed by atoms with E-state index in [9.17, 15) is 9.90 Å². The fourth-order valence-electron chi connectivity index (χ4n) is 1.84. The number of thiazole rings is 1. The standard InChI is InChI=1S/C14H24N2O3S/c1-5-10(4)11-12(13(17)18)20-14(15-11)16(6-2)8-9-19-7-3/h10H,5-9H2,1-4H3,(H,17,18). The topological polar surface area (TPSA) is 62.7 Å². The number of nitrogens with zero attached hydrogens (tertiary/aromatic N) is 2. The molecule has 6 heteroatoms. The number of carbonyl (C=O) groups is 1. The second-order valence-corrected chi connectivity index (χ2v) is 5.58. The molecule has 0 spiro atoms. The number of hydrogen-bond acceptors (Lipinski definition) is 5. The molecule has 20 heavy (non-hydrogen) atoms. The van der Waals surface area contributed by atoms with Crippen LogP contribution in [-0.2, 0) is 4.74 Å². The summed E-state index contributed by atoms with van der Waals surface area (Å²) in [6, 6.07) is 0. The zero-order chi connectivity index (χ0) is 15.1. The molecule has 1 heterocycles. The molecular formula is C14H24N2O3S.